The van der Waals surface area contributed by atoms with E-state index in [-0.39, 0.29) is 5.15 Å². The Labute approximate surface area is 134 Å². The third-order valence-electron chi connectivity index (χ3n) is 2.99. The summed E-state index contributed by atoms with van der Waals surface area (Å²) in [5.74, 6) is -0.428. The lowest BCUT2D eigenvalue weighted by atomic mass is 9.96. The van der Waals surface area contributed by atoms with Crippen LogP contribution < -0.4 is 0 Å². The molecule has 0 fully saturated rings. The van der Waals surface area contributed by atoms with Crippen LogP contribution in [0.25, 0.3) is 5.70 Å². The zero-order valence-corrected chi connectivity index (χ0v) is 13.2. The van der Waals surface area contributed by atoms with E-state index in [0.29, 0.717) is 23.0 Å². The van der Waals surface area contributed by atoms with Gasteiger partial charge < -0.3 is 4.84 Å². The molecule has 120 valence electrons. The van der Waals surface area contributed by atoms with E-state index in [9.17, 15) is 13.2 Å². The summed E-state index contributed by atoms with van der Waals surface area (Å²) in [6, 6.07) is 0.772. The molecule has 0 radical (unpaired) electrons. The summed E-state index contributed by atoms with van der Waals surface area (Å²) in [4.78, 5) is 4.98. The third-order valence-corrected chi connectivity index (χ3v) is 3.58. The zero-order chi connectivity index (χ0) is 16.5. The molecule has 1 heterocycles. The van der Waals surface area contributed by atoms with Gasteiger partial charge in [-0.2, -0.15) is 18.3 Å². The van der Waals surface area contributed by atoms with Gasteiger partial charge in [0.1, 0.15) is 17.5 Å². The molecule has 0 saturated carbocycles. The molecule has 1 aromatic heterocycles. The normalized spacial score (nSPS) is 20.9. The van der Waals surface area contributed by atoms with Crippen molar-refractivity contribution < 1.29 is 18.0 Å². The van der Waals surface area contributed by atoms with E-state index in [4.69, 9.17) is 28.0 Å². The van der Waals surface area contributed by atoms with Crippen molar-refractivity contribution in [1.29, 1.82) is 0 Å². The van der Waals surface area contributed by atoms with E-state index in [0.717, 1.165) is 10.7 Å². The van der Waals surface area contributed by atoms with Crippen LogP contribution in [0.4, 0.5) is 13.2 Å². The predicted molar refractivity (Wildman–Crippen MR) is 78.7 cm³/mol. The van der Waals surface area contributed by atoms with Crippen LogP contribution in [0.15, 0.2) is 28.4 Å². The summed E-state index contributed by atoms with van der Waals surface area (Å²) in [6.07, 6.45) is -1.50. The summed E-state index contributed by atoms with van der Waals surface area (Å²) in [6.45, 7) is 3.83. The van der Waals surface area contributed by atoms with Gasteiger partial charge in [-0.15, -0.1) is 0 Å². The van der Waals surface area contributed by atoms with Crippen molar-refractivity contribution >= 4 is 34.6 Å². The number of allylic oxidation sites excluding steroid dienone is 4. The molecule has 0 aliphatic heterocycles. The molecule has 1 atom stereocenters. The standard InChI is InChI=1S/C13H12Cl2F3N3O/c1-3-22-20-12-7(2)9(5-4-8(12)14)21-11(15)6-10(19-21)13(16,17)18/h4-7H,3H2,1-2H3. The molecule has 1 aliphatic carbocycles. The Morgan fingerprint density at radius 1 is 1.36 bits per heavy atom. The first-order valence-corrected chi connectivity index (χ1v) is 7.12. The smallest absolute Gasteiger partial charge is 0.396 e. The van der Waals surface area contributed by atoms with Crippen molar-refractivity contribution in [3.05, 3.63) is 34.1 Å². The number of halogens is 5. The second-order valence-electron chi connectivity index (χ2n) is 4.48. The van der Waals surface area contributed by atoms with Gasteiger partial charge >= 0.3 is 6.18 Å². The van der Waals surface area contributed by atoms with E-state index in [1.807, 2.05) is 0 Å². The molecule has 0 bridgehead atoms. The predicted octanol–water partition coefficient (Wildman–Crippen LogP) is 4.56. The third kappa shape index (κ3) is 3.30. The van der Waals surface area contributed by atoms with Gasteiger partial charge in [0.15, 0.2) is 5.69 Å². The van der Waals surface area contributed by atoms with Crippen LogP contribution in [0.5, 0.6) is 0 Å². The number of hydrogen-bond donors (Lipinski definition) is 0. The van der Waals surface area contributed by atoms with Crippen molar-refractivity contribution in [1.82, 2.24) is 9.78 Å². The zero-order valence-electron chi connectivity index (χ0n) is 11.7. The first-order valence-electron chi connectivity index (χ1n) is 6.36. The maximum absolute atomic E-state index is 12.7. The van der Waals surface area contributed by atoms with Crippen LogP contribution in [0.2, 0.25) is 5.15 Å². The largest absolute Gasteiger partial charge is 0.435 e. The fourth-order valence-corrected chi connectivity index (χ4v) is 2.42. The Bertz CT molecular complexity index is 662. The van der Waals surface area contributed by atoms with Gasteiger partial charge in [-0.1, -0.05) is 35.3 Å². The molecular weight excluding hydrogens is 342 g/mol. The summed E-state index contributed by atoms with van der Waals surface area (Å²) < 4.78 is 39.2. The quantitative estimate of drug-likeness (QED) is 0.747. The molecule has 0 N–H and O–H groups in total. The second-order valence-corrected chi connectivity index (χ2v) is 5.28. The summed E-state index contributed by atoms with van der Waals surface area (Å²) in [5.41, 5.74) is -0.237. The molecule has 9 heteroatoms. The van der Waals surface area contributed by atoms with Gasteiger partial charge in [-0.3, -0.25) is 0 Å². The number of oxime groups is 1. The minimum absolute atomic E-state index is 0.146. The Morgan fingerprint density at radius 2 is 2.05 bits per heavy atom. The maximum Gasteiger partial charge on any atom is 0.435 e. The highest BCUT2D eigenvalue weighted by Gasteiger charge is 2.36. The first-order chi connectivity index (χ1) is 10.3. The minimum Gasteiger partial charge on any atom is -0.396 e. The van der Waals surface area contributed by atoms with Gasteiger partial charge in [-0.25, -0.2) is 4.68 Å². The van der Waals surface area contributed by atoms with E-state index in [1.165, 1.54) is 6.08 Å². The van der Waals surface area contributed by atoms with E-state index in [2.05, 4.69) is 10.3 Å². The molecule has 1 aliphatic rings. The van der Waals surface area contributed by atoms with Crippen molar-refractivity contribution in [2.75, 3.05) is 6.61 Å². The maximum atomic E-state index is 12.7. The number of alkyl halides is 3. The highest BCUT2D eigenvalue weighted by Crippen LogP contribution is 2.34. The number of rotatable bonds is 3. The molecule has 1 unspecified atom stereocenters. The van der Waals surface area contributed by atoms with Gasteiger partial charge in [0.2, 0.25) is 0 Å². The molecule has 4 nitrogen and oxygen atoms in total. The van der Waals surface area contributed by atoms with E-state index in [1.54, 1.807) is 19.9 Å². The minimum atomic E-state index is -4.57. The Balaban J connectivity index is 2.43. The van der Waals surface area contributed by atoms with Crippen molar-refractivity contribution in [3.8, 4) is 0 Å². The lowest BCUT2D eigenvalue weighted by Crippen LogP contribution is -2.21. The second kappa shape index (κ2) is 6.34. The molecule has 1 aromatic rings. The van der Waals surface area contributed by atoms with Crippen molar-refractivity contribution in [2.45, 2.75) is 20.0 Å². The lowest BCUT2D eigenvalue weighted by molar-refractivity contribution is -0.141. The molecule has 0 saturated heterocycles. The summed E-state index contributed by atoms with van der Waals surface area (Å²) in [7, 11) is 0. The van der Waals surface area contributed by atoms with Gasteiger partial charge in [0.25, 0.3) is 0 Å². The monoisotopic (exact) mass is 353 g/mol. The summed E-state index contributed by atoms with van der Waals surface area (Å²) in [5, 5.41) is 7.62. The first kappa shape index (κ1) is 16.9. The van der Waals surface area contributed by atoms with E-state index >= 15 is 0 Å². The van der Waals surface area contributed by atoms with Crippen molar-refractivity contribution in [3.63, 3.8) is 0 Å². The van der Waals surface area contributed by atoms with Crippen LogP contribution in [-0.2, 0) is 11.0 Å². The Morgan fingerprint density at radius 3 is 2.59 bits per heavy atom. The van der Waals surface area contributed by atoms with Gasteiger partial charge in [-0.05, 0) is 19.1 Å². The Hall–Kier alpha value is -1.47. The lowest BCUT2D eigenvalue weighted by Gasteiger charge is -2.21. The molecule has 22 heavy (non-hydrogen) atoms. The number of aromatic nitrogens is 2. The fraction of sp³-hybridized carbons (Fsp3) is 0.385. The van der Waals surface area contributed by atoms with Crippen LogP contribution in [0, 0.1) is 5.92 Å². The van der Waals surface area contributed by atoms with Gasteiger partial charge in [0, 0.05) is 12.0 Å². The van der Waals surface area contributed by atoms with Gasteiger partial charge in [0.05, 0.1) is 10.7 Å². The topological polar surface area (TPSA) is 39.4 Å². The Kier molecular flexibility index (Phi) is 4.87. The average molecular weight is 354 g/mol. The number of nitrogens with zero attached hydrogens (tertiary/aromatic N) is 3. The molecule has 0 aromatic carbocycles. The molecular formula is C13H12Cl2F3N3O. The average Bonchev–Trinajstić information content (AvgIpc) is 2.81. The molecule has 2 rings (SSSR count). The highest BCUT2D eigenvalue weighted by molar-refractivity contribution is 6.45. The van der Waals surface area contributed by atoms with Crippen LogP contribution in [0.1, 0.15) is 19.5 Å². The van der Waals surface area contributed by atoms with E-state index < -0.39 is 17.8 Å². The molecule has 0 spiro atoms. The number of hydrogen-bond acceptors (Lipinski definition) is 3. The highest BCUT2D eigenvalue weighted by atomic mass is 35.5. The van der Waals surface area contributed by atoms with Crippen molar-refractivity contribution in [2.24, 2.45) is 11.1 Å². The SMILES string of the molecule is CCON=C1C(Cl)=CC=C(n2nc(C(F)(F)F)cc2Cl)C1C. The van der Waals surface area contributed by atoms with Crippen LogP contribution >= 0.6 is 23.2 Å². The summed E-state index contributed by atoms with van der Waals surface area (Å²) >= 11 is 11.9. The molecule has 0 amide bonds. The fourth-order valence-electron chi connectivity index (χ4n) is 1.92. The van der Waals surface area contributed by atoms with Crippen LogP contribution in [0.3, 0.4) is 0 Å². The van der Waals surface area contributed by atoms with Crippen LogP contribution in [-0.4, -0.2) is 22.1 Å².